The van der Waals surface area contributed by atoms with Crippen LogP contribution in [-0.4, -0.2) is 18.6 Å². The molecule has 1 aliphatic heterocycles. The number of carbonyl (C=O) groups is 1. The van der Waals surface area contributed by atoms with Crippen LogP contribution in [0.15, 0.2) is 29.8 Å². The first-order valence-electron chi connectivity index (χ1n) is 6.00. The predicted octanol–water partition coefficient (Wildman–Crippen LogP) is 2.48. The van der Waals surface area contributed by atoms with E-state index < -0.39 is 0 Å². The molecule has 0 aliphatic carbocycles. The van der Waals surface area contributed by atoms with E-state index in [2.05, 4.69) is 5.32 Å². The van der Waals surface area contributed by atoms with E-state index in [0.29, 0.717) is 13.0 Å². The first-order valence-corrected chi connectivity index (χ1v) is 6.00. The first kappa shape index (κ1) is 12.6. The van der Waals surface area contributed by atoms with Crippen molar-refractivity contribution in [3.63, 3.8) is 0 Å². The largest absolute Gasteiger partial charge is 0.464 e. The van der Waals surface area contributed by atoms with Crippen molar-refractivity contribution in [1.29, 1.82) is 0 Å². The minimum Gasteiger partial charge on any atom is -0.464 e. The van der Waals surface area contributed by atoms with Crippen molar-refractivity contribution in [3.8, 4) is 0 Å². The Morgan fingerprint density at radius 1 is 1.44 bits per heavy atom. The zero-order valence-electron chi connectivity index (χ0n) is 10.5. The smallest absolute Gasteiger partial charge is 0.328 e. The highest BCUT2D eigenvalue weighted by molar-refractivity contribution is 5.83. The van der Waals surface area contributed by atoms with Crippen LogP contribution >= 0.6 is 0 Å². The summed E-state index contributed by atoms with van der Waals surface area (Å²) in [4.78, 5) is 11.7. The maximum absolute atomic E-state index is 12.9. The monoisotopic (exact) mass is 249 g/mol. The Hall–Kier alpha value is -1.84. The van der Waals surface area contributed by atoms with Gasteiger partial charge in [-0.3, -0.25) is 0 Å². The average Bonchev–Trinajstić information content (AvgIpc) is 2.73. The molecule has 0 radical (unpaired) electrons. The van der Waals surface area contributed by atoms with Crippen LogP contribution in [0.1, 0.15) is 25.8 Å². The molecule has 1 atom stereocenters. The third-order valence-corrected chi connectivity index (χ3v) is 2.96. The lowest BCUT2D eigenvalue weighted by atomic mass is 10.1. The van der Waals surface area contributed by atoms with Gasteiger partial charge in [-0.05, 0) is 37.1 Å². The standard InChI is InChI=1S/C14H16FNO2/c1-3-18-14(17)12-8-9(2)13(16-12)10-4-6-11(15)7-5-10/h4-7,12,16H,3,8H2,1-2H3. The van der Waals surface area contributed by atoms with Gasteiger partial charge in [-0.25, -0.2) is 9.18 Å². The number of esters is 1. The number of rotatable bonds is 3. The third kappa shape index (κ3) is 2.53. The molecule has 18 heavy (non-hydrogen) atoms. The fourth-order valence-corrected chi connectivity index (χ4v) is 2.09. The Morgan fingerprint density at radius 2 is 2.11 bits per heavy atom. The van der Waals surface area contributed by atoms with E-state index in [1.165, 1.54) is 12.1 Å². The molecular formula is C14H16FNO2. The molecule has 4 heteroatoms. The molecule has 1 N–H and O–H groups in total. The van der Waals surface area contributed by atoms with Gasteiger partial charge in [0.15, 0.2) is 0 Å². The van der Waals surface area contributed by atoms with E-state index in [1.807, 2.05) is 6.92 Å². The highest BCUT2D eigenvalue weighted by Crippen LogP contribution is 2.26. The second-order valence-electron chi connectivity index (χ2n) is 4.32. The molecule has 96 valence electrons. The van der Waals surface area contributed by atoms with Crippen LogP contribution in [0.4, 0.5) is 4.39 Å². The lowest BCUT2D eigenvalue weighted by Crippen LogP contribution is -2.32. The molecule has 2 rings (SSSR count). The zero-order valence-corrected chi connectivity index (χ0v) is 10.5. The van der Waals surface area contributed by atoms with Crippen LogP contribution in [0.2, 0.25) is 0 Å². The number of halogens is 1. The van der Waals surface area contributed by atoms with Crippen molar-refractivity contribution in [3.05, 3.63) is 41.2 Å². The normalized spacial score (nSPS) is 18.7. The van der Waals surface area contributed by atoms with Crippen LogP contribution in [-0.2, 0) is 9.53 Å². The van der Waals surface area contributed by atoms with E-state index in [-0.39, 0.29) is 17.8 Å². The molecule has 0 fully saturated rings. The summed E-state index contributed by atoms with van der Waals surface area (Å²) in [5, 5.41) is 3.14. The van der Waals surface area contributed by atoms with Crippen molar-refractivity contribution in [2.45, 2.75) is 26.3 Å². The number of benzene rings is 1. The molecule has 0 saturated carbocycles. The lowest BCUT2D eigenvalue weighted by molar-refractivity contribution is -0.145. The Kier molecular flexibility index (Phi) is 3.65. The first-order chi connectivity index (χ1) is 8.61. The van der Waals surface area contributed by atoms with Crippen LogP contribution in [0, 0.1) is 5.82 Å². The summed E-state index contributed by atoms with van der Waals surface area (Å²) in [5.41, 5.74) is 2.87. The molecule has 0 aromatic heterocycles. The highest BCUT2D eigenvalue weighted by atomic mass is 19.1. The lowest BCUT2D eigenvalue weighted by Gasteiger charge is -2.12. The quantitative estimate of drug-likeness (QED) is 0.836. The molecule has 1 unspecified atom stereocenters. The molecule has 1 heterocycles. The van der Waals surface area contributed by atoms with Crippen LogP contribution in [0.3, 0.4) is 0 Å². The summed E-state index contributed by atoms with van der Waals surface area (Å²) >= 11 is 0. The molecule has 0 bridgehead atoms. The molecule has 1 aromatic carbocycles. The van der Waals surface area contributed by atoms with Crippen LogP contribution < -0.4 is 5.32 Å². The van der Waals surface area contributed by atoms with Gasteiger partial charge in [0.2, 0.25) is 0 Å². The number of nitrogens with one attached hydrogen (secondary N) is 1. The van der Waals surface area contributed by atoms with E-state index in [1.54, 1.807) is 19.1 Å². The van der Waals surface area contributed by atoms with Crippen LogP contribution in [0.25, 0.3) is 5.70 Å². The van der Waals surface area contributed by atoms with E-state index in [4.69, 9.17) is 4.74 Å². The van der Waals surface area contributed by atoms with Crippen molar-refractivity contribution in [1.82, 2.24) is 5.32 Å². The number of hydrogen-bond acceptors (Lipinski definition) is 3. The van der Waals surface area contributed by atoms with Gasteiger partial charge in [0.1, 0.15) is 11.9 Å². The molecule has 1 aromatic rings. The molecule has 0 amide bonds. The topological polar surface area (TPSA) is 38.3 Å². The summed E-state index contributed by atoms with van der Waals surface area (Å²) in [6.45, 7) is 4.13. The Labute approximate surface area is 106 Å². The molecule has 0 saturated heterocycles. The van der Waals surface area contributed by atoms with Gasteiger partial charge in [0, 0.05) is 12.1 Å². The summed E-state index contributed by atoms with van der Waals surface area (Å²) in [6, 6.07) is 5.90. The second-order valence-corrected chi connectivity index (χ2v) is 4.32. The molecular weight excluding hydrogens is 233 g/mol. The van der Waals surface area contributed by atoms with E-state index >= 15 is 0 Å². The van der Waals surface area contributed by atoms with Gasteiger partial charge >= 0.3 is 5.97 Å². The summed E-state index contributed by atoms with van der Waals surface area (Å²) in [7, 11) is 0. The fourth-order valence-electron chi connectivity index (χ4n) is 2.09. The van der Waals surface area contributed by atoms with Gasteiger partial charge in [0.25, 0.3) is 0 Å². The van der Waals surface area contributed by atoms with Crippen molar-refractivity contribution < 1.29 is 13.9 Å². The highest BCUT2D eigenvalue weighted by Gasteiger charge is 2.28. The number of hydrogen-bond donors (Lipinski definition) is 1. The van der Waals surface area contributed by atoms with Crippen molar-refractivity contribution >= 4 is 11.7 Å². The second kappa shape index (κ2) is 5.21. The fraction of sp³-hybridized carbons (Fsp3) is 0.357. The Morgan fingerprint density at radius 3 is 2.72 bits per heavy atom. The predicted molar refractivity (Wildman–Crippen MR) is 67.2 cm³/mol. The van der Waals surface area contributed by atoms with Gasteiger partial charge < -0.3 is 10.1 Å². The van der Waals surface area contributed by atoms with E-state index in [9.17, 15) is 9.18 Å². The number of carbonyl (C=O) groups excluding carboxylic acids is 1. The van der Waals surface area contributed by atoms with Gasteiger partial charge in [-0.15, -0.1) is 0 Å². The van der Waals surface area contributed by atoms with Crippen molar-refractivity contribution in [2.24, 2.45) is 0 Å². The minimum atomic E-state index is -0.329. The summed E-state index contributed by atoms with van der Waals surface area (Å²) in [6.07, 6.45) is 0.630. The molecule has 1 aliphatic rings. The van der Waals surface area contributed by atoms with Crippen LogP contribution in [0.5, 0.6) is 0 Å². The Bertz CT molecular complexity index is 479. The average molecular weight is 249 g/mol. The van der Waals surface area contributed by atoms with Crippen molar-refractivity contribution in [2.75, 3.05) is 6.61 Å². The Balaban J connectivity index is 2.13. The van der Waals surface area contributed by atoms with Gasteiger partial charge in [0.05, 0.1) is 6.61 Å². The zero-order chi connectivity index (χ0) is 13.1. The molecule has 3 nitrogen and oxygen atoms in total. The summed E-state index contributed by atoms with van der Waals surface area (Å²) in [5.74, 6) is -0.508. The molecule has 0 spiro atoms. The van der Waals surface area contributed by atoms with Gasteiger partial charge in [-0.2, -0.15) is 0 Å². The van der Waals surface area contributed by atoms with E-state index in [0.717, 1.165) is 16.8 Å². The summed E-state index contributed by atoms with van der Waals surface area (Å²) < 4.78 is 17.9. The SMILES string of the molecule is CCOC(=O)C1CC(C)=C(c2ccc(F)cc2)N1. The minimum absolute atomic E-state index is 0.242. The third-order valence-electron chi connectivity index (χ3n) is 2.96. The maximum atomic E-state index is 12.9. The maximum Gasteiger partial charge on any atom is 0.328 e. The number of ether oxygens (including phenoxy) is 1. The van der Waals surface area contributed by atoms with Gasteiger partial charge in [-0.1, -0.05) is 12.1 Å².